The number of hydrogen-bond acceptors (Lipinski definition) is 5. The second-order valence-corrected chi connectivity index (χ2v) is 7.01. The molecule has 5 nitrogen and oxygen atoms in total. The van der Waals surface area contributed by atoms with Crippen molar-refractivity contribution >= 4 is 5.97 Å². The van der Waals surface area contributed by atoms with Crippen molar-refractivity contribution in [3.05, 3.63) is 0 Å². The van der Waals surface area contributed by atoms with Crippen molar-refractivity contribution in [3.63, 3.8) is 0 Å². The van der Waals surface area contributed by atoms with Crippen molar-refractivity contribution in [3.8, 4) is 0 Å². The second kappa shape index (κ2) is 5.52. The molecule has 1 aliphatic carbocycles. The van der Waals surface area contributed by atoms with Crippen LogP contribution in [0.25, 0.3) is 0 Å². The van der Waals surface area contributed by atoms with Gasteiger partial charge in [0.15, 0.2) is 11.4 Å². The highest BCUT2D eigenvalue weighted by Gasteiger charge is 2.63. The van der Waals surface area contributed by atoms with Gasteiger partial charge in [0.25, 0.3) is 0 Å². The molecule has 1 spiro atoms. The van der Waals surface area contributed by atoms with Crippen LogP contribution in [0.2, 0.25) is 0 Å². The Morgan fingerprint density at radius 2 is 2.05 bits per heavy atom. The van der Waals surface area contributed by atoms with Crippen LogP contribution in [0.15, 0.2) is 0 Å². The van der Waals surface area contributed by atoms with Crippen molar-refractivity contribution in [2.75, 3.05) is 0 Å². The van der Waals surface area contributed by atoms with Gasteiger partial charge < -0.3 is 9.47 Å². The smallest absolute Gasteiger partial charge is 0.311 e. The minimum Gasteiger partial charge on any atom is -0.432 e. The van der Waals surface area contributed by atoms with Crippen molar-refractivity contribution in [1.82, 2.24) is 0 Å². The summed E-state index contributed by atoms with van der Waals surface area (Å²) in [4.78, 5) is 23.7. The number of carbonyl (C=O) groups is 1. The molecular formula is C16H26O5. The summed E-state index contributed by atoms with van der Waals surface area (Å²) in [5, 5.41) is 0. The molecule has 0 aromatic rings. The molecule has 1 saturated carbocycles. The summed E-state index contributed by atoms with van der Waals surface area (Å²) in [5.41, 5.74) is -0.611. The Balaban J connectivity index is 1.87. The van der Waals surface area contributed by atoms with Crippen LogP contribution in [-0.2, 0) is 24.0 Å². The van der Waals surface area contributed by atoms with E-state index in [0.29, 0.717) is 0 Å². The molecule has 120 valence electrons. The van der Waals surface area contributed by atoms with Gasteiger partial charge in [-0.3, -0.25) is 4.79 Å². The number of ether oxygens (including phenoxy) is 2. The SMILES string of the molecule is CCCC[C@H]1C(=O)OC2OC(C)(C)OO[C@@]23CCCCC13. The maximum Gasteiger partial charge on any atom is 0.311 e. The Morgan fingerprint density at radius 1 is 1.24 bits per heavy atom. The van der Waals surface area contributed by atoms with E-state index in [9.17, 15) is 4.79 Å². The van der Waals surface area contributed by atoms with Gasteiger partial charge in [-0.2, -0.15) is 0 Å². The van der Waals surface area contributed by atoms with Gasteiger partial charge in [0.2, 0.25) is 6.29 Å². The minimum absolute atomic E-state index is 0.0880. The molecule has 2 heterocycles. The van der Waals surface area contributed by atoms with Gasteiger partial charge in [-0.25, -0.2) is 9.78 Å². The summed E-state index contributed by atoms with van der Waals surface area (Å²) in [6.07, 6.45) is 6.32. The van der Waals surface area contributed by atoms with E-state index in [1.807, 2.05) is 0 Å². The molecule has 0 N–H and O–H groups in total. The summed E-state index contributed by atoms with van der Waals surface area (Å²) >= 11 is 0. The fourth-order valence-corrected chi connectivity index (χ4v) is 3.95. The Kier molecular flexibility index (Phi) is 4.01. The van der Waals surface area contributed by atoms with E-state index in [4.69, 9.17) is 19.2 Å². The van der Waals surface area contributed by atoms with Crippen LogP contribution >= 0.6 is 0 Å². The molecule has 3 aliphatic rings. The van der Waals surface area contributed by atoms with Gasteiger partial charge in [-0.1, -0.05) is 32.6 Å². The second-order valence-electron chi connectivity index (χ2n) is 7.01. The zero-order chi connectivity index (χ0) is 15.1. The van der Waals surface area contributed by atoms with Crippen molar-refractivity contribution in [2.24, 2.45) is 11.8 Å². The van der Waals surface area contributed by atoms with Crippen molar-refractivity contribution in [1.29, 1.82) is 0 Å². The van der Waals surface area contributed by atoms with Crippen LogP contribution in [0.4, 0.5) is 0 Å². The zero-order valence-electron chi connectivity index (χ0n) is 13.2. The van der Waals surface area contributed by atoms with Crippen LogP contribution < -0.4 is 0 Å². The molecule has 2 saturated heterocycles. The molecule has 3 fully saturated rings. The van der Waals surface area contributed by atoms with Crippen molar-refractivity contribution in [2.45, 2.75) is 83.4 Å². The number of esters is 1. The number of rotatable bonds is 3. The lowest BCUT2D eigenvalue weighted by Gasteiger charge is -2.55. The largest absolute Gasteiger partial charge is 0.432 e. The average Bonchev–Trinajstić information content (AvgIpc) is 2.44. The molecule has 0 aromatic carbocycles. The molecule has 2 unspecified atom stereocenters. The molecular weight excluding hydrogens is 272 g/mol. The lowest BCUT2D eigenvalue weighted by Crippen LogP contribution is -2.67. The first kappa shape index (κ1) is 15.3. The fourth-order valence-electron chi connectivity index (χ4n) is 3.95. The summed E-state index contributed by atoms with van der Waals surface area (Å²) in [6.45, 7) is 5.68. The van der Waals surface area contributed by atoms with E-state index < -0.39 is 17.7 Å². The number of hydrogen-bond donors (Lipinski definition) is 0. The third-order valence-electron chi connectivity index (χ3n) is 5.03. The topological polar surface area (TPSA) is 54.0 Å². The molecule has 0 radical (unpaired) electrons. The first-order valence-corrected chi connectivity index (χ1v) is 8.24. The molecule has 0 aromatic heterocycles. The first-order valence-electron chi connectivity index (χ1n) is 8.24. The van der Waals surface area contributed by atoms with Crippen molar-refractivity contribution < 1.29 is 24.0 Å². The van der Waals surface area contributed by atoms with Gasteiger partial charge in [-0.05, 0) is 33.1 Å². The Hall–Kier alpha value is -0.650. The van der Waals surface area contributed by atoms with Gasteiger partial charge in [0.05, 0.1) is 5.92 Å². The summed E-state index contributed by atoms with van der Waals surface area (Å²) in [7, 11) is 0. The molecule has 0 bridgehead atoms. The maximum absolute atomic E-state index is 12.4. The Morgan fingerprint density at radius 3 is 2.81 bits per heavy atom. The van der Waals surface area contributed by atoms with E-state index in [1.165, 1.54) is 0 Å². The van der Waals surface area contributed by atoms with E-state index in [2.05, 4.69) is 6.92 Å². The van der Waals surface area contributed by atoms with E-state index in [0.717, 1.165) is 44.9 Å². The highest BCUT2D eigenvalue weighted by molar-refractivity contribution is 5.74. The summed E-state index contributed by atoms with van der Waals surface area (Å²) < 4.78 is 11.5. The van der Waals surface area contributed by atoms with Gasteiger partial charge in [0, 0.05) is 5.92 Å². The third kappa shape index (κ3) is 2.60. The van der Waals surface area contributed by atoms with Crippen LogP contribution in [0.1, 0.15) is 65.7 Å². The molecule has 0 amide bonds. The molecule has 5 heteroatoms. The van der Waals surface area contributed by atoms with Crippen LogP contribution in [0.3, 0.4) is 0 Å². The van der Waals surface area contributed by atoms with Crippen LogP contribution in [0, 0.1) is 11.8 Å². The van der Waals surface area contributed by atoms with E-state index in [-0.39, 0.29) is 17.8 Å². The van der Waals surface area contributed by atoms with E-state index in [1.54, 1.807) is 13.8 Å². The van der Waals surface area contributed by atoms with Gasteiger partial charge >= 0.3 is 5.97 Å². The monoisotopic (exact) mass is 298 g/mol. The minimum atomic E-state index is -0.881. The highest BCUT2D eigenvalue weighted by Crippen LogP contribution is 2.52. The van der Waals surface area contributed by atoms with Gasteiger partial charge in [-0.15, -0.1) is 0 Å². The van der Waals surface area contributed by atoms with E-state index >= 15 is 0 Å². The normalized spacial score (nSPS) is 41.9. The lowest BCUT2D eigenvalue weighted by atomic mass is 9.66. The molecule has 21 heavy (non-hydrogen) atoms. The predicted octanol–water partition coefficient (Wildman–Crippen LogP) is 3.32. The highest BCUT2D eigenvalue weighted by atomic mass is 17.3. The third-order valence-corrected chi connectivity index (χ3v) is 5.03. The molecule has 2 aliphatic heterocycles. The Bertz CT molecular complexity index is 407. The predicted molar refractivity (Wildman–Crippen MR) is 74.9 cm³/mol. The number of carbonyl (C=O) groups excluding carboxylic acids is 1. The molecule has 3 rings (SSSR count). The average molecular weight is 298 g/mol. The Labute approximate surface area is 126 Å². The standard InChI is InChI=1S/C16H26O5/c1-4-5-8-11-12-9-6-7-10-16(12)14(18-13(11)17)19-15(2,3)20-21-16/h11-12,14H,4-10H2,1-3H3/t11-,12?,14?,16-/m1/s1. The fraction of sp³-hybridized carbons (Fsp3) is 0.938. The summed E-state index contributed by atoms with van der Waals surface area (Å²) in [6, 6.07) is 0. The zero-order valence-corrected chi connectivity index (χ0v) is 13.2. The quantitative estimate of drug-likeness (QED) is 0.591. The number of unbranched alkanes of at least 4 members (excludes halogenated alkanes) is 1. The van der Waals surface area contributed by atoms with Crippen LogP contribution in [-0.4, -0.2) is 23.6 Å². The summed E-state index contributed by atoms with van der Waals surface area (Å²) in [5.74, 6) is -0.957. The maximum atomic E-state index is 12.4. The van der Waals surface area contributed by atoms with Gasteiger partial charge in [0.1, 0.15) is 0 Å². The first-order chi connectivity index (χ1) is 9.98. The lowest BCUT2D eigenvalue weighted by molar-refractivity contribution is -0.557. The van der Waals surface area contributed by atoms with Crippen LogP contribution in [0.5, 0.6) is 0 Å². The molecule has 4 atom stereocenters.